The number of urea groups is 1. The number of carbonyl (C=O) groups excluding carboxylic acids is 1. The van der Waals surface area contributed by atoms with Crippen LogP contribution in [0.4, 0.5) is 38.4 Å². The van der Waals surface area contributed by atoms with Crippen LogP contribution in [0.3, 0.4) is 0 Å². The third kappa shape index (κ3) is 6.83. The summed E-state index contributed by atoms with van der Waals surface area (Å²) in [6, 6.07) is 7.08. The molecule has 1 aromatic heterocycles. The van der Waals surface area contributed by atoms with Crippen LogP contribution in [0.25, 0.3) is 0 Å². The van der Waals surface area contributed by atoms with E-state index in [1.807, 2.05) is 0 Å². The zero-order valence-corrected chi connectivity index (χ0v) is 20.4. The number of hydrogen-bond acceptors (Lipinski definition) is 5. The van der Waals surface area contributed by atoms with Gasteiger partial charge in [0.15, 0.2) is 0 Å². The highest BCUT2D eigenvalue weighted by molar-refractivity contribution is 5.85. The number of rotatable bonds is 6. The molecule has 1 aliphatic rings. The molecule has 0 saturated carbocycles. The zero-order chi connectivity index (χ0) is 25.9. The quantitative estimate of drug-likeness (QED) is 0.383. The minimum absolute atomic E-state index is 0. The summed E-state index contributed by atoms with van der Waals surface area (Å²) in [7, 11) is 1.61. The summed E-state index contributed by atoms with van der Waals surface area (Å²) in [6.07, 6.45) is -2.64. The Balaban J connectivity index is 0.00000380. The fourth-order valence-electron chi connectivity index (χ4n) is 3.87. The van der Waals surface area contributed by atoms with Crippen LogP contribution in [-0.2, 0) is 19.1 Å². The lowest BCUT2D eigenvalue weighted by molar-refractivity contribution is -0.140. The lowest BCUT2D eigenvalue weighted by atomic mass is 10.0. The van der Waals surface area contributed by atoms with Crippen LogP contribution in [-0.4, -0.2) is 41.0 Å². The fraction of sp³-hybridized carbons (Fsp3) is 0.292. The molecule has 0 radical (unpaired) electrons. The first kappa shape index (κ1) is 28.1. The highest BCUT2D eigenvalue weighted by Crippen LogP contribution is 2.32. The number of halogens is 6. The number of nitrogens with one attached hydrogen (secondary N) is 3. The van der Waals surface area contributed by atoms with Crippen LogP contribution < -0.4 is 16.0 Å². The topological polar surface area (TPSA) is 82.2 Å². The predicted octanol–water partition coefficient (Wildman–Crippen LogP) is 4.97. The van der Waals surface area contributed by atoms with Gasteiger partial charge in [-0.2, -0.15) is 13.2 Å². The molecule has 1 unspecified atom stereocenters. The summed E-state index contributed by atoms with van der Waals surface area (Å²) < 4.78 is 66.0. The zero-order valence-electron chi connectivity index (χ0n) is 19.6. The number of amides is 2. The molecule has 0 bridgehead atoms. The maximum atomic E-state index is 14.1. The van der Waals surface area contributed by atoms with Crippen molar-refractivity contribution >= 4 is 30.1 Å². The summed E-state index contributed by atoms with van der Waals surface area (Å²) in [4.78, 5) is 23.3. The average Bonchev–Trinajstić information content (AvgIpc) is 2.84. The molecule has 0 aliphatic carbocycles. The van der Waals surface area contributed by atoms with Crippen molar-refractivity contribution in [3.63, 3.8) is 0 Å². The van der Waals surface area contributed by atoms with E-state index in [1.165, 1.54) is 17.0 Å². The lowest BCUT2D eigenvalue weighted by Crippen LogP contribution is -2.46. The van der Waals surface area contributed by atoms with Crippen molar-refractivity contribution in [1.82, 2.24) is 25.5 Å². The van der Waals surface area contributed by atoms with Gasteiger partial charge in [0.1, 0.15) is 11.6 Å². The first-order chi connectivity index (χ1) is 17.1. The van der Waals surface area contributed by atoms with Gasteiger partial charge in [0.25, 0.3) is 0 Å². The molecule has 198 valence electrons. The van der Waals surface area contributed by atoms with Crippen molar-refractivity contribution in [2.45, 2.75) is 25.2 Å². The van der Waals surface area contributed by atoms with Crippen molar-refractivity contribution in [1.29, 1.82) is 0 Å². The van der Waals surface area contributed by atoms with Gasteiger partial charge in [-0.15, -0.1) is 12.4 Å². The predicted molar refractivity (Wildman–Crippen MR) is 130 cm³/mol. The number of fused-ring (bicyclic) bond motifs is 1. The van der Waals surface area contributed by atoms with E-state index in [1.54, 1.807) is 25.4 Å². The standard InChI is InChI=1S/C24H23F5N6O.ClH/c1-30-12-20(14-2-7-18(19(26)10-14)24(27,28)29)34-23(36)35-9-8-15-11-31-22(33-21(15)13-35)32-17-5-3-16(25)4-6-17;/h2-7,10-11,20,30H,8-9,12-13H2,1H3,(H,34,36)(H,31,32,33);1H. The normalized spacial score (nSPS) is 13.8. The van der Waals surface area contributed by atoms with E-state index >= 15 is 0 Å². The average molecular weight is 543 g/mol. The third-order valence-electron chi connectivity index (χ3n) is 5.74. The molecule has 3 N–H and O–H groups in total. The maximum Gasteiger partial charge on any atom is 0.419 e. The number of likely N-dealkylation sites (N-methyl/N-ethyl adjacent to an activating group) is 1. The molecule has 2 aromatic carbocycles. The molecule has 2 heterocycles. The number of hydrogen-bond donors (Lipinski definition) is 3. The molecule has 1 atom stereocenters. The molecule has 3 aromatic rings. The Morgan fingerprint density at radius 3 is 2.51 bits per heavy atom. The molecule has 13 heteroatoms. The van der Waals surface area contributed by atoms with Gasteiger partial charge in [0.05, 0.1) is 23.8 Å². The number of alkyl halides is 3. The van der Waals surface area contributed by atoms with Crippen LogP contribution in [0, 0.1) is 11.6 Å². The van der Waals surface area contributed by atoms with Crippen molar-refractivity contribution < 1.29 is 26.7 Å². The number of nitrogens with zero attached hydrogens (tertiary/aromatic N) is 3. The second-order valence-electron chi connectivity index (χ2n) is 8.27. The molecule has 0 fully saturated rings. The number of aromatic nitrogens is 2. The second kappa shape index (κ2) is 11.7. The van der Waals surface area contributed by atoms with Crippen LogP contribution >= 0.6 is 12.4 Å². The SMILES string of the molecule is CNCC(NC(=O)N1CCc2cnc(Nc3ccc(F)cc3)nc2C1)c1ccc(C(F)(F)F)c(F)c1.Cl. The monoisotopic (exact) mass is 542 g/mol. The molecule has 0 saturated heterocycles. The Bertz CT molecular complexity index is 1240. The van der Waals surface area contributed by atoms with Gasteiger partial charge in [-0.05, 0) is 61.0 Å². The van der Waals surface area contributed by atoms with Crippen molar-refractivity contribution in [3.05, 3.63) is 82.7 Å². The molecule has 7 nitrogen and oxygen atoms in total. The molecule has 37 heavy (non-hydrogen) atoms. The van der Waals surface area contributed by atoms with E-state index in [9.17, 15) is 26.7 Å². The van der Waals surface area contributed by atoms with E-state index in [0.717, 1.165) is 17.7 Å². The lowest BCUT2D eigenvalue weighted by Gasteiger charge is -2.30. The molecular weight excluding hydrogens is 519 g/mol. The van der Waals surface area contributed by atoms with Crippen LogP contribution in [0.5, 0.6) is 0 Å². The van der Waals surface area contributed by atoms with Gasteiger partial charge in [-0.25, -0.2) is 23.5 Å². The van der Waals surface area contributed by atoms with E-state index in [2.05, 4.69) is 25.9 Å². The molecule has 1 aliphatic heterocycles. The summed E-state index contributed by atoms with van der Waals surface area (Å²) in [5.74, 6) is -1.49. The number of benzene rings is 2. The van der Waals surface area contributed by atoms with E-state index < -0.39 is 29.6 Å². The molecule has 4 rings (SSSR count). The summed E-state index contributed by atoms with van der Waals surface area (Å²) >= 11 is 0. The van der Waals surface area contributed by atoms with Gasteiger partial charge < -0.3 is 20.9 Å². The summed E-state index contributed by atoms with van der Waals surface area (Å²) in [5, 5.41) is 8.60. The van der Waals surface area contributed by atoms with Crippen LogP contribution in [0.15, 0.2) is 48.7 Å². The van der Waals surface area contributed by atoms with Crippen molar-refractivity contribution in [3.8, 4) is 0 Å². The Morgan fingerprint density at radius 1 is 1.14 bits per heavy atom. The Hall–Kier alpha value is -3.51. The molecular formula is C24H24ClF5N6O. The van der Waals surface area contributed by atoms with Gasteiger partial charge in [0.2, 0.25) is 5.95 Å². The van der Waals surface area contributed by atoms with Crippen molar-refractivity contribution in [2.24, 2.45) is 0 Å². The highest BCUT2D eigenvalue weighted by atomic mass is 35.5. The summed E-state index contributed by atoms with van der Waals surface area (Å²) in [6.45, 7) is 0.727. The Morgan fingerprint density at radius 2 is 1.86 bits per heavy atom. The Kier molecular flexibility index (Phi) is 8.87. The van der Waals surface area contributed by atoms with Crippen LogP contribution in [0.2, 0.25) is 0 Å². The van der Waals surface area contributed by atoms with Crippen LogP contribution in [0.1, 0.15) is 28.4 Å². The minimum Gasteiger partial charge on any atom is -0.330 e. The van der Waals surface area contributed by atoms with Crippen molar-refractivity contribution in [2.75, 3.05) is 25.5 Å². The second-order valence-corrected chi connectivity index (χ2v) is 8.27. The number of anilines is 2. The van der Waals surface area contributed by atoms with E-state index in [0.29, 0.717) is 30.4 Å². The fourth-order valence-corrected chi connectivity index (χ4v) is 3.87. The number of carbonyl (C=O) groups is 1. The van der Waals surface area contributed by atoms with Gasteiger partial charge >= 0.3 is 12.2 Å². The van der Waals surface area contributed by atoms with E-state index in [4.69, 9.17) is 0 Å². The van der Waals surface area contributed by atoms with E-state index in [-0.39, 0.29) is 42.8 Å². The first-order valence-electron chi connectivity index (χ1n) is 11.1. The first-order valence-corrected chi connectivity index (χ1v) is 11.1. The maximum absolute atomic E-state index is 14.1. The smallest absolute Gasteiger partial charge is 0.330 e. The largest absolute Gasteiger partial charge is 0.419 e. The third-order valence-corrected chi connectivity index (χ3v) is 5.74. The molecule has 0 spiro atoms. The molecule has 2 amide bonds. The minimum atomic E-state index is -4.81. The van der Waals surface area contributed by atoms with Gasteiger partial charge in [0, 0.05) is 25.0 Å². The Labute approximate surface area is 215 Å². The highest BCUT2D eigenvalue weighted by Gasteiger charge is 2.34. The van der Waals surface area contributed by atoms with Gasteiger partial charge in [-0.1, -0.05) is 6.07 Å². The van der Waals surface area contributed by atoms with Gasteiger partial charge in [-0.3, -0.25) is 0 Å². The summed E-state index contributed by atoms with van der Waals surface area (Å²) in [5.41, 5.74) is 0.939.